The minimum Gasteiger partial charge on any atom is -0.495 e. The molecule has 2 N–H and O–H groups in total. The largest absolute Gasteiger partial charge is 0.495 e. The first-order valence-corrected chi connectivity index (χ1v) is 8.14. The van der Waals surface area contributed by atoms with Crippen molar-refractivity contribution in [3.05, 3.63) is 18.3 Å². The highest BCUT2D eigenvalue weighted by molar-refractivity contribution is 5.68. The van der Waals surface area contributed by atoms with E-state index >= 15 is 0 Å². The average Bonchev–Trinajstić information content (AvgIpc) is 2.54. The molecule has 7 heteroatoms. The van der Waals surface area contributed by atoms with E-state index in [4.69, 9.17) is 19.9 Å². The van der Waals surface area contributed by atoms with E-state index in [0.29, 0.717) is 44.1 Å². The lowest BCUT2D eigenvalue weighted by Gasteiger charge is -2.41. The molecular weight excluding hydrogens is 310 g/mol. The van der Waals surface area contributed by atoms with Crippen molar-refractivity contribution in [3.8, 4) is 11.6 Å². The molecule has 1 aliphatic rings. The number of carbonyl (C=O) groups excluding carboxylic acids is 1. The number of ether oxygens (including phenoxy) is 3. The number of hydrogen-bond donors (Lipinski definition) is 1. The van der Waals surface area contributed by atoms with Gasteiger partial charge in [-0.1, -0.05) is 0 Å². The summed E-state index contributed by atoms with van der Waals surface area (Å²) in [5, 5.41) is 0. The fourth-order valence-electron chi connectivity index (χ4n) is 2.54. The molecule has 0 saturated carbocycles. The quantitative estimate of drug-likeness (QED) is 0.906. The fourth-order valence-corrected chi connectivity index (χ4v) is 2.54. The molecule has 1 amide bonds. The number of likely N-dealkylation sites (tertiary alicyclic amines) is 1. The summed E-state index contributed by atoms with van der Waals surface area (Å²) in [4.78, 5) is 18.1. The number of piperidine rings is 1. The van der Waals surface area contributed by atoms with Crippen molar-refractivity contribution in [1.29, 1.82) is 0 Å². The molecule has 1 aromatic heterocycles. The number of aromatic nitrogens is 1. The van der Waals surface area contributed by atoms with Crippen molar-refractivity contribution in [1.82, 2.24) is 9.88 Å². The molecule has 2 rings (SSSR count). The van der Waals surface area contributed by atoms with Crippen LogP contribution in [0.25, 0.3) is 0 Å². The van der Waals surface area contributed by atoms with Crippen LogP contribution in [0.4, 0.5) is 4.79 Å². The fraction of sp³-hybridized carbons (Fsp3) is 0.647. The summed E-state index contributed by atoms with van der Waals surface area (Å²) < 4.78 is 16.6. The number of nitrogens with zero attached hydrogens (tertiary/aromatic N) is 2. The second-order valence-corrected chi connectivity index (χ2v) is 6.99. The second kappa shape index (κ2) is 7.25. The van der Waals surface area contributed by atoms with Crippen molar-refractivity contribution < 1.29 is 19.0 Å². The first-order valence-electron chi connectivity index (χ1n) is 8.14. The number of hydrogen-bond acceptors (Lipinski definition) is 6. The van der Waals surface area contributed by atoms with Crippen LogP contribution in [-0.4, -0.2) is 53.9 Å². The van der Waals surface area contributed by atoms with Gasteiger partial charge in [-0.3, -0.25) is 0 Å². The molecule has 1 aromatic rings. The third-order valence-corrected chi connectivity index (χ3v) is 3.96. The Morgan fingerprint density at radius 3 is 2.46 bits per heavy atom. The van der Waals surface area contributed by atoms with E-state index in [-0.39, 0.29) is 6.09 Å². The van der Waals surface area contributed by atoms with Gasteiger partial charge in [0.15, 0.2) is 0 Å². The second-order valence-electron chi connectivity index (χ2n) is 6.99. The third-order valence-electron chi connectivity index (χ3n) is 3.96. The van der Waals surface area contributed by atoms with E-state index in [0.717, 1.165) is 0 Å². The molecule has 2 heterocycles. The van der Waals surface area contributed by atoms with Crippen LogP contribution in [0.5, 0.6) is 11.6 Å². The lowest BCUT2D eigenvalue weighted by molar-refractivity contribution is -0.0155. The van der Waals surface area contributed by atoms with Gasteiger partial charge in [-0.2, -0.15) is 0 Å². The molecule has 0 radical (unpaired) electrons. The van der Waals surface area contributed by atoms with E-state index in [2.05, 4.69) is 4.98 Å². The molecule has 134 valence electrons. The molecule has 0 unspecified atom stereocenters. The van der Waals surface area contributed by atoms with Gasteiger partial charge < -0.3 is 24.8 Å². The van der Waals surface area contributed by atoms with E-state index < -0.39 is 11.2 Å². The molecule has 0 spiro atoms. The van der Waals surface area contributed by atoms with Gasteiger partial charge in [0.25, 0.3) is 0 Å². The Bertz CT molecular complexity index is 546. The van der Waals surface area contributed by atoms with Crippen LogP contribution in [-0.2, 0) is 4.74 Å². The zero-order valence-corrected chi connectivity index (χ0v) is 14.9. The van der Waals surface area contributed by atoms with Gasteiger partial charge in [-0.05, 0) is 26.8 Å². The molecule has 1 aliphatic heterocycles. The molecule has 24 heavy (non-hydrogen) atoms. The number of amides is 1. The van der Waals surface area contributed by atoms with Crippen molar-refractivity contribution in [2.24, 2.45) is 5.73 Å². The van der Waals surface area contributed by atoms with Gasteiger partial charge in [0, 0.05) is 38.5 Å². The highest BCUT2D eigenvalue weighted by Crippen LogP contribution is 2.28. The Labute approximate surface area is 143 Å². The molecule has 0 aromatic carbocycles. The average molecular weight is 337 g/mol. The molecule has 0 atom stereocenters. The Morgan fingerprint density at radius 2 is 2.00 bits per heavy atom. The Hall–Kier alpha value is -2.02. The molecule has 1 saturated heterocycles. The number of carbonyl (C=O) groups is 1. The summed E-state index contributed by atoms with van der Waals surface area (Å²) in [6.45, 7) is 7.03. The van der Waals surface area contributed by atoms with E-state index in [9.17, 15) is 4.79 Å². The number of nitrogens with two attached hydrogens (primary N) is 1. The number of pyridine rings is 1. The third kappa shape index (κ3) is 4.74. The van der Waals surface area contributed by atoms with Crippen molar-refractivity contribution >= 4 is 6.09 Å². The maximum Gasteiger partial charge on any atom is 0.410 e. The zero-order chi connectivity index (χ0) is 17.8. The van der Waals surface area contributed by atoms with Gasteiger partial charge in [0.1, 0.15) is 17.0 Å². The van der Waals surface area contributed by atoms with Crippen molar-refractivity contribution in [2.75, 3.05) is 26.7 Å². The summed E-state index contributed by atoms with van der Waals surface area (Å²) in [7, 11) is 1.59. The zero-order valence-electron chi connectivity index (χ0n) is 14.9. The monoisotopic (exact) mass is 337 g/mol. The molecule has 7 nitrogen and oxygen atoms in total. The SMILES string of the molecule is COc1ccc(OC2(CN)CCN(C(=O)OC(C)(C)C)CC2)nc1. The van der Waals surface area contributed by atoms with Gasteiger partial charge >= 0.3 is 6.09 Å². The maximum absolute atomic E-state index is 12.1. The number of rotatable bonds is 4. The first-order chi connectivity index (χ1) is 11.3. The molecule has 1 fully saturated rings. The van der Waals surface area contributed by atoms with Crippen LogP contribution in [0.15, 0.2) is 18.3 Å². The smallest absolute Gasteiger partial charge is 0.410 e. The minimum atomic E-state index is -0.514. The summed E-state index contributed by atoms with van der Waals surface area (Å²) in [6.07, 6.45) is 2.58. The number of methoxy groups -OCH3 is 1. The maximum atomic E-state index is 12.1. The van der Waals surface area contributed by atoms with Crippen molar-refractivity contribution in [3.63, 3.8) is 0 Å². The van der Waals surface area contributed by atoms with Crippen LogP contribution in [0.2, 0.25) is 0 Å². The molecular formula is C17H27N3O4. The van der Waals surface area contributed by atoms with Crippen LogP contribution in [0, 0.1) is 0 Å². The highest BCUT2D eigenvalue weighted by atomic mass is 16.6. The predicted octanol–water partition coefficient (Wildman–Crippen LogP) is 2.20. The standard InChI is InChI=1S/C17H27N3O4/c1-16(2,3)24-15(21)20-9-7-17(12-18,8-10-20)23-14-6-5-13(22-4)11-19-14/h5-6,11H,7-10,12,18H2,1-4H3. The Morgan fingerprint density at radius 1 is 1.33 bits per heavy atom. The van der Waals surface area contributed by atoms with Gasteiger partial charge in [0.05, 0.1) is 13.3 Å². The van der Waals surface area contributed by atoms with Crippen LogP contribution < -0.4 is 15.2 Å². The topological polar surface area (TPSA) is 86.9 Å². The normalized spacial score (nSPS) is 17.3. The van der Waals surface area contributed by atoms with Gasteiger partial charge in [-0.25, -0.2) is 9.78 Å². The van der Waals surface area contributed by atoms with Crippen molar-refractivity contribution in [2.45, 2.75) is 44.8 Å². The summed E-state index contributed by atoms with van der Waals surface area (Å²) >= 11 is 0. The molecule has 0 bridgehead atoms. The van der Waals surface area contributed by atoms with Gasteiger partial charge in [0.2, 0.25) is 5.88 Å². The van der Waals surface area contributed by atoms with Crippen LogP contribution >= 0.6 is 0 Å². The van der Waals surface area contributed by atoms with E-state index in [1.165, 1.54) is 0 Å². The van der Waals surface area contributed by atoms with Crippen LogP contribution in [0.1, 0.15) is 33.6 Å². The predicted molar refractivity (Wildman–Crippen MR) is 90.2 cm³/mol. The lowest BCUT2D eigenvalue weighted by Crippen LogP contribution is -2.54. The summed E-state index contributed by atoms with van der Waals surface area (Å²) in [6, 6.07) is 3.55. The van der Waals surface area contributed by atoms with Crippen LogP contribution in [0.3, 0.4) is 0 Å². The van der Waals surface area contributed by atoms with E-state index in [1.807, 2.05) is 20.8 Å². The highest BCUT2D eigenvalue weighted by Gasteiger charge is 2.38. The Balaban J connectivity index is 1.96. The molecule has 0 aliphatic carbocycles. The van der Waals surface area contributed by atoms with Gasteiger partial charge in [-0.15, -0.1) is 0 Å². The minimum absolute atomic E-state index is 0.296. The summed E-state index contributed by atoms with van der Waals surface area (Å²) in [5.41, 5.74) is 4.94. The lowest BCUT2D eigenvalue weighted by atomic mass is 9.91. The Kier molecular flexibility index (Phi) is 5.54. The summed E-state index contributed by atoms with van der Waals surface area (Å²) in [5.74, 6) is 1.18. The van der Waals surface area contributed by atoms with E-state index in [1.54, 1.807) is 30.3 Å². The first kappa shape index (κ1) is 18.3.